The molecule has 1 aromatic heterocycles. The van der Waals surface area contributed by atoms with Gasteiger partial charge in [-0.3, -0.25) is 9.78 Å². The highest BCUT2D eigenvalue weighted by Crippen LogP contribution is 2.46. The first kappa shape index (κ1) is 13.2. The Morgan fingerprint density at radius 3 is 2.94 bits per heavy atom. The maximum absolute atomic E-state index is 12.1. The van der Waals surface area contributed by atoms with Crippen molar-refractivity contribution in [3.63, 3.8) is 0 Å². The smallest absolute Gasteiger partial charge is 0.255 e. The Hall–Kier alpha value is -1.23. The SMILES string of the molecule is CCNc1ccncc1C(=O)NCC1(SC)CC1. The quantitative estimate of drug-likeness (QED) is 0.827. The highest BCUT2D eigenvalue weighted by molar-refractivity contribution is 8.00. The predicted octanol–water partition coefficient (Wildman–Crippen LogP) is 2.14. The van der Waals surface area contributed by atoms with E-state index in [0.29, 0.717) is 5.56 Å². The molecule has 5 heteroatoms. The van der Waals surface area contributed by atoms with Crippen molar-refractivity contribution in [2.75, 3.05) is 24.7 Å². The molecule has 2 N–H and O–H groups in total. The Bertz CT molecular complexity index is 432. The van der Waals surface area contributed by atoms with E-state index >= 15 is 0 Å². The average Bonchev–Trinajstić information content (AvgIpc) is 3.18. The minimum atomic E-state index is -0.0422. The second-order valence-electron chi connectivity index (χ2n) is 4.52. The van der Waals surface area contributed by atoms with Gasteiger partial charge < -0.3 is 10.6 Å². The lowest BCUT2D eigenvalue weighted by Gasteiger charge is -2.14. The molecule has 1 aliphatic carbocycles. The van der Waals surface area contributed by atoms with Crippen molar-refractivity contribution >= 4 is 23.4 Å². The summed E-state index contributed by atoms with van der Waals surface area (Å²) in [5, 5.41) is 6.19. The summed E-state index contributed by atoms with van der Waals surface area (Å²) >= 11 is 1.84. The summed E-state index contributed by atoms with van der Waals surface area (Å²) in [6.07, 6.45) is 7.81. The van der Waals surface area contributed by atoms with Crippen LogP contribution < -0.4 is 10.6 Å². The van der Waals surface area contributed by atoms with E-state index in [1.807, 2.05) is 24.8 Å². The molecule has 0 bridgehead atoms. The largest absolute Gasteiger partial charge is 0.385 e. The van der Waals surface area contributed by atoms with Crippen LogP contribution in [0.25, 0.3) is 0 Å². The first-order chi connectivity index (χ1) is 8.71. The number of carbonyl (C=O) groups excluding carboxylic acids is 1. The normalized spacial score (nSPS) is 16.1. The Morgan fingerprint density at radius 1 is 1.56 bits per heavy atom. The van der Waals surface area contributed by atoms with E-state index in [-0.39, 0.29) is 10.7 Å². The molecule has 4 nitrogen and oxygen atoms in total. The van der Waals surface area contributed by atoms with Crippen LogP contribution in [0, 0.1) is 0 Å². The third-order valence-electron chi connectivity index (χ3n) is 3.24. The second-order valence-corrected chi connectivity index (χ2v) is 5.80. The van der Waals surface area contributed by atoms with Crippen molar-refractivity contribution in [2.45, 2.75) is 24.5 Å². The third-order valence-corrected chi connectivity index (χ3v) is 4.66. The van der Waals surface area contributed by atoms with E-state index in [4.69, 9.17) is 0 Å². The first-order valence-corrected chi connectivity index (χ1v) is 7.44. The van der Waals surface area contributed by atoms with Gasteiger partial charge in [-0.1, -0.05) is 0 Å². The molecule has 0 aliphatic heterocycles. The molecule has 0 saturated heterocycles. The minimum Gasteiger partial charge on any atom is -0.385 e. The lowest BCUT2D eigenvalue weighted by Crippen LogP contribution is -2.32. The van der Waals surface area contributed by atoms with Gasteiger partial charge >= 0.3 is 0 Å². The van der Waals surface area contributed by atoms with Crippen molar-refractivity contribution in [3.05, 3.63) is 24.0 Å². The van der Waals surface area contributed by atoms with Gasteiger partial charge in [0.2, 0.25) is 0 Å². The predicted molar refractivity (Wildman–Crippen MR) is 76.2 cm³/mol. The summed E-state index contributed by atoms with van der Waals surface area (Å²) in [5.74, 6) is -0.0422. The molecule has 1 fully saturated rings. The number of nitrogens with zero attached hydrogens (tertiary/aromatic N) is 1. The molecular weight excluding hydrogens is 246 g/mol. The summed E-state index contributed by atoms with van der Waals surface area (Å²) in [6.45, 7) is 3.54. The fourth-order valence-corrected chi connectivity index (χ4v) is 2.58. The monoisotopic (exact) mass is 265 g/mol. The molecule has 1 saturated carbocycles. The Morgan fingerprint density at radius 2 is 2.33 bits per heavy atom. The standard InChI is InChI=1S/C13H19N3OS/c1-3-15-11-4-7-14-8-10(11)12(17)16-9-13(18-2)5-6-13/h4,7-8H,3,5-6,9H2,1-2H3,(H,14,15)(H,16,17). The number of aromatic nitrogens is 1. The topological polar surface area (TPSA) is 54.0 Å². The number of amides is 1. The maximum atomic E-state index is 12.1. The highest BCUT2D eigenvalue weighted by atomic mass is 32.2. The zero-order valence-electron chi connectivity index (χ0n) is 10.8. The molecule has 98 valence electrons. The first-order valence-electron chi connectivity index (χ1n) is 6.22. The lowest BCUT2D eigenvalue weighted by molar-refractivity contribution is 0.0953. The average molecular weight is 265 g/mol. The van der Waals surface area contributed by atoms with Gasteiger partial charge in [0.1, 0.15) is 0 Å². The summed E-state index contributed by atoms with van der Waals surface area (Å²) in [5.41, 5.74) is 1.47. The lowest BCUT2D eigenvalue weighted by atomic mass is 10.2. The van der Waals surface area contributed by atoms with E-state index in [2.05, 4.69) is 21.9 Å². The molecule has 1 aliphatic rings. The van der Waals surface area contributed by atoms with Gasteiger partial charge in [0, 0.05) is 30.2 Å². The van der Waals surface area contributed by atoms with Crippen LogP contribution >= 0.6 is 11.8 Å². The van der Waals surface area contributed by atoms with Crippen molar-refractivity contribution in [2.24, 2.45) is 0 Å². The van der Waals surface area contributed by atoms with Crippen molar-refractivity contribution in [1.29, 1.82) is 0 Å². The van der Waals surface area contributed by atoms with Gasteiger partial charge in [0.05, 0.1) is 11.3 Å². The molecule has 1 amide bonds. The Balaban J connectivity index is 2.00. The fraction of sp³-hybridized carbons (Fsp3) is 0.538. The zero-order chi connectivity index (χ0) is 13.0. The molecule has 0 radical (unpaired) electrons. The number of thioether (sulfide) groups is 1. The van der Waals surface area contributed by atoms with Crippen molar-refractivity contribution in [3.8, 4) is 0 Å². The molecule has 1 heterocycles. The van der Waals surface area contributed by atoms with Crippen molar-refractivity contribution < 1.29 is 4.79 Å². The molecule has 1 aromatic rings. The van der Waals surface area contributed by atoms with Gasteiger partial charge in [0.15, 0.2) is 0 Å². The number of pyridine rings is 1. The maximum Gasteiger partial charge on any atom is 0.255 e. The van der Waals surface area contributed by atoms with E-state index < -0.39 is 0 Å². The molecular formula is C13H19N3OS. The molecule has 0 aromatic carbocycles. The van der Waals surface area contributed by atoms with Crippen LogP contribution in [-0.4, -0.2) is 35.0 Å². The Labute approximate surface area is 112 Å². The summed E-state index contributed by atoms with van der Waals surface area (Å²) in [4.78, 5) is 16.2. The fourth-order valence-electron chi connectivity index (χ4n) is 1.85. The van der Waals surface area contributed by atoms with Crippen LogP contribution in [0.5, 0.6) is 0 Å². The highest BCUT2D eigenvalue weighted by Gasteiger charge is 2.42. The van der Waals surface area contributed by atoms with E-state index in [0.717, 1.165) is 18.8 Å². The molecule has 0 spiro atoms. The van der Waals surface area contributed by atoms with Crippen LogP contribution in [0.3, 0.4) is 0 Å². The van der Waals surface area contributed by atoms with E-state index in [9.17, 15) is 4.79 Å². The molecule has 18 heavy (non-hydrogen) atoms. The van der Waals surface area contributed by atoms with Gasteiger partial charge in [-0.2, -0.15) is 11.8 Å². The molecule has 0 unspecified atom stereocenters. The van der Waals surface area contributed by atoms with Crippen LogP contribution in [-0.2, 0) is 0 Å². The van der Waals surface area contributed by atoms with E-state index in [1.165, 1.54) is 12.8 Å². The van der Waals surface area contributed by atoms with Crippen LogP contribution in [0.2, 0.25) is 0 Å². The molecule has 2 rings (SSSR count). The zero-order valence-corrected chi connectivity index (χ0v) is 11.6. The number of anilines is 1. The summed E-state index contributed by atoms with van der Waals surface area (Å²) in [7, 11) is 0. The van der Waals surface area contributed by atoms with Crippen LogP contribution in [0.1, 0.15) is 30.1 Å². The summed E-state index contributed by atoms with van der Waals surface area (Å²) in [6, 6.07) is 1.83. The summed E-state index contributed by atoms with van der Waals surface area (Å²) < 4.78 is 0.288. The number of nitrogens with one attached hydrogen (secondary N) is 2. The van der Waals surface area contributed by atoms with Gasteiger partial charge in [-0.15, -0.1) is 0 Å². The van der Waals surface area contributed by atoms with Gasteiger partial charge in [-0.05, 0) is 32.1 Å². The Kier molecular flexibility index (Phi) is 4.11. The molecule has 0 atom stereocenters. The number of carbonyl (C=O) groups is 1. The number of rotatable bonds is 6. The van der Waals surface area contributed by atoms with Crippen LogP contribution in [0.4, 0.5) is 5.69 Å². The van der Waals surface area contributed by atoms with Crippen molar-refractivity contribution in [1.82, 2.24) is 10.3 Å². The second kappa shape index (κ2) is 5.61. The van der Waals surface area contributed by atoms with Gasteiger partial charge in [-0.25, -0.2) is 0 Å². The van der Waals surface area contributed by atoms with E-state index in [1.54, 1.807) is 12.4 Å². The van der Waals surface area contributed by atoms with Gasteiger partial charge in [0.25, 0.3) is 5.91 Å². The number of hydrogen-bond acceptors (Lipinski definition) is 4. The number of hydrogen-bond donors (Lipinski definition) is 2. The third kappa shape index (κ3) is 2.96. The minimum absolute atomic E-state index is 0.0422. The van der Waals surface area contributed by atoms with Crippen LogP contribution in [0.15, 0.2) is 18.5 Å².